The fraction of sp³-hybridized carbons (Fsp3) is 0.188. The van der Waals surface area contributed by atoms with E-state index in [9.17, 15) is 13.2 Å². The van der Waals surface area contributed by atoms with Crippen molar-refractivity contribution >= 4 is 33.3 Å². The SMILES string of the molecule is COC(=O)c1ccc(N(Cc2ccccc2Cl)S(C)(=O)=O)cc1. The van der Waals surface area contributed by atoms with Crippen molar-refractivity contribution in [3.05, 3.63) is 64.7 Å². The molecule has 0 heterocycles. The number of rotatable bonds is 5. The van der Waals surface area contributed by atoms with Crippen molar-refractivity contribution in [2.24, 2.45) is 0 Å². The maximum absolute atomic E-state index is 12.1. The van der Waals surface area contributed by atoms with Crippen LogP contribution in [-0.4, -0.2) is 27.8 Å². The van der Waals surface area contributed by atoms with E-state index in [-0.39, 0.29) is 6.54 Å². The number of carbonyl (C=O) groups is 1. The molecule has 0 amide bonds. The lowest BCUT2D eigenvalue weighted by atomic mass is 10.2. The number of carbonyl (C=O) groups excluding carboxylic acids is 1. The summed E-state index contributed by atoms with van der Waals surface area (Å²) in [6.45, 7) is 0.107. The minimum atomic E-state index is -3.51. The van der Waals surface area contributed by atoms with Gasteiger partial charge in [-0.2, -0.15) is 0 Å². The Hall–Kier alpha value is -2.05. The van der Waals surface area contributed by atoms with E-state index < -0.39 is 16.0 Å². The highest BCUT2D eigenvalue weighted by molar-refractivity contribution is 7.92. The maximum Gasteiger partial charge on any atom is 0.337 e. The monoisotopic (exact) mass is 353 g/mol. The van der Waals surface area contributed by atoms with Crippen LogP contribution < -0.4 is 4.31 Å². The van der Waals surface area contributed by atoms with Crippen molar-refractivity contribution in [2.75, 3.05) is 17.7 Å². The van der Waals surface area contributed by atoms with Crippen LogP contribution in [0, 0.1) is 0 Å². The molecule has 0 radical (unpaired) electrons. The van der Waals surface area contributed by atoms with Crippen LogP contribution in [0.25, 0.3) is 0 Å². The van der Waals surface area contributed by atoms with E-state index >= 15 is 0 Å². The van der Waals surface area contributed by atoms with Crippen LogP contribution in [0.5, 0.6) is 0 Å². The Morgan fingerprint density at radius 2 is 1.74 bits per heavy atom. The van der Waals surface area contributed by atoms with Crippen LogP contribution in [-0.2, 0) is 21.3 Å². The third kappa shape index (κ3) is 4.24. The Labute approximate surface area is 140 Å². The molecule has 0 aliphatic carbocycles. The van der Waals surface area contributed by atoms with E-state index in [1.165, 1.54) is 23.5 Å². The maximum atomic E-state index is 12.1. The van der Waals surface area contributed by atoms with Gasteiger partial charge in [0.25, 0.3) is 0 Å². The van der Waals surface area contributed by atoms with Crippen LogP contribution in [0.4, 0.5) is 5.69 Å². The number of methoxy groups -OCH3 is 1. The number of hydrogen-bond acceptors (Lipinski definition) is 4. The molecular weight excluding hydrogens is 338 g/mol. The van der Waals surface area contributed by atoms with E-state index in [1.807, 2.05) is 0 Å². The van der Waals surface area contributed by atoms with Gasteiger partial charge in [-0.25, -0.2) is 13.2 Å². The topological polar surface area (TPSA) is 63.7 Å². The highest BCUT2D eigenvalue weighted by atomic mass is 35.5. The zero-order valence-corrected chi connectivity index (χ0v) is 14.3. The van der Waals surface area contributed by atoms with Crippen LogP contribution in [0.2, 0.25) is 5.02 Å². The van der Waals surface area contributed by atoms with Gasteiger partial charge in [0, 0.05) is 5.02 Å². The summed E-state index contributed by atoms with van der Waals surface area (Å²) in [4.78, 5) is 11.5. The van der Waals surface area contributed by atoms with Crippen molar-refractivity contribution in [1.29, 1.82) is 0 Å². The molecule has 2 aromatic carbocycles. The van der Waals surface area contributed by atoms with Gasteiger partial charge >= 0.3 is 5.97 Å². The number of halogens is 1. The fourth-order valence-corrected chi connectivity index (χ4v) is 3.14. The number of ether oxygens (including phenoxy) is 1. The molecule has 0 saturated heterocycles. The molecule has 2 aromatic rings. The van der Waals surface area contributed by atoms with Crippen LogP contribution in [0.1, 0.15) is 15.9 Å². The van der Waals surface area contributed by atoms with Crippen LogP contribution in [0.15, 0.2) is 48.5 Å². The first-order valence-corrected chi connectivity index (χ1v) is 8.95. The largest absolute Gasteiger partial charge is 0.465 e. The van der Waals surface area contributed by atoms with E-state index in [4.69, 9.17) is 11.6 Å². The van der Waals surface area contributed by atoms with Crippen molar-refractivity contribution in [2.45, 2.75) is 6.54 Å². The number of benzene rings is 2. The second-order valence-corrected chi connectivity index (χ2v) is 7.21. The fourth-order valence-electron chi connectivity index (χ4n) is 2.06. The summed E-state index contributed by atoms with van der Waals surface area (Å²) in [5, 5.41) is 0.493. The summed E-state index contributed by atoms with van der Waals surface area (Å²) in [7, 11) is -2.22. The van der Waals surface area contributed by atoms with Gasteiger partial charge in [0.1, 0.15) is 0 Å². The zero-order chi connectivity index (χ0) is 17.0. The molecule has 0 spiro atoms. The molecule has 0 saturated carbocycles. The minimum absolute atomic E-state index is 0.107. The third-order valence-corrected chi connectivity index (χ3v) is 4.76. The van der Waals surface area contributed by atoms with Crippen molar-refractivity contribution in [1.82, 2.24) is 0 Å². The molecule has 0 fully saturated rings. The van der Waals surface area contributed by atoms with Gasteiger partial charge in [0.15, 0.2) is 0 Å². The average molecular weight is 354 g/mol. The Balaban J connectivity index is 2.37. The summed E-state index contributed by atoms with van der Waals surface area (Å²) >= 11 is 6.11. The molecule has 0 aliphatic heterocycles. The Kier molecular flexibility index (Phi) is 5.28. The normalized spacial score (nSPS) is 11.1. The first-order chi connectivity index (χ1) is 10.8. The van der Waals surface area contributed by atoms with E-state index in [1.54, 1.807) is 36.4 Å². The lowest BCUT2D eigenvalue weighted by molar-refractivity contribution is 0.0601. The quantitative estimate of drug-likeness (QED) is 0.775. The third-order valence-electron chi connectivity index (χ3n) is 3.25. The standard InChI is InChI=1S/C16H16ClNO4S/c1-22-16(19)12-7-9-14(10-8-12)18(23(2,20)21)11-13-5-3-4-6-15(13)17/h3-10H,11H2,1-2H3. The second-order valence-electron chi connectivity index (χ2n) is 4.90. The Bertz CT molecular complexity index is 803. The van der Waals surface area contributed by atoms with Gasteiger partial charge < -0.3 is 4.74 Å². The molecule has 5 nitrogen and oxygen atoms in total. The molecule has 0 N–H and O–H groups in total. The Morgan fingerprint density at radius 3 is 2.26 bits per heavy atom. The van der Waals surface area contributed by atoms with E-state index in [0.29, 0.717) is 21.8 Å². The van der Waals surface area contributed by atoms with Gasteiger partial charge in [-0.05, 0) is 35.9 Å². The summed E-state index contributed by atoms with van der Waals surface area (Å²) in [5.41, 5.74) is 1.49. The number of anilines is 1. The van der Waals surface area contributed by atoms with Crippen LogP contribution in [0.3, 0.4) is 0 Å². The predicted molar refractivity (Wildman–Crippen MR) is 90.3 cm³/mol. The molecule has 0 bridgehead atoms. The van der Waals surface area contributed by atoms with Gasteiger partial charge in [0.05, 0.1) is 31.2 Å². The van der Waals surface area contributed by atoms with Crippen molar-refractivity contribution < 1.29 is 17.9 Å². The Morgan fingerprint density at radius 1 is 1.13 bits per heavy atom. The molecule has 0 aromatic heterocycles. The van der Waals surface area contributed by atoms with Crippen LogP contribution >= 0.6 is 11.6 Å². The number of esters is 1. The van der Waals surface area contributed by atoms with E-state index in [0.717, 1.165) is 6.26 Å². The summed E-state index contributed by atoms with van der Waals surface area (Å²) in [6, 6.07) is 13.2. The average Bonchev–Trinajstić information content (AvgIpc) is 2.52. The first kappa shape index (κ1) is 17.3. The summed E-state index contributed by atoms with van der Waals surface area (Å²) < 4.78 is 30.1. The molecule has 7 heteroatoms. The molecule has 23 heavy (non-hydrogen) atoms. The second kappa shape index (κ2) is 7.02. The number of hydrogen-bond donors (Lipinski definition) is 0. The van der Waals surface area contributed by atoms with Gasteiger partial charge in [-0.1, -0.05) is 29.8 Å². The molecule has 0 aliphatic rings. The zero-order valence-electron chi connectivity index (χ0n) is 12.7. The molecule has 2 rings (SSSR count). The lowest BCUT2D eigenvalue weighted by Gasteiger charge is -2.23. The van der Waals surface area contributed by atoms with Gasteiger partial charge in [0.2, 0.25) is 10.0 Å². The van der Waals surface area contributed by atoms with Gasteiger partial charge in [-0.15, -0.1) is 0 Å². The summed E-state index contributed by atoms with van der Waals surface area (Å²) in [6.07, 6.45) is 1.12. The number of sulfonamides is 1. The van der Waals surface area contributed by atoms with Gasteiger partial charge in [-0.3, -0.25) is 4.31 Å². The summed E-state index contributed by atoms with van der Waals surface area (Å²) in [5.74, 6) is -0.478. The first-order valence-electron chi connectivity index (χ1n) is 6.72. The van der Waals surface area contributed by atoms with Crippen molar-refractivity contribution in [3.8, 4) is 0 Å². The van der Waals surface area contributed by atoms with Crippen molar-refractivity contribution in [3.63, 3.8) is 0 Å². The number of nitrogens with zero attached hydrogens (tertiary/aromatic N) is 1. The molecule has 0 atom stereocenters. The molecule has 122 valence electrons. The highest BCUT2D eigenvalue weighted by Gasteiger charge is 2.19. The smallest absolute Gasteiger partial charge is 0.337 e. The molecule has 0 unspecified atom stereocenters. The highest BCUT2D eigenvalue weighted by Crippen LogP contribution is 2.24. The van der Waals surface area contributed by atoms with E-state index in [2.05, 4.69) is 4.74 Å². The minimum Gasteiger partial charge on any atom is -0.465 e. The predicted octanol–water partition coefficient (Wildman–Crippen LogP) is 3.09. The lowest BCUT2D eigenvalue weighted by Crippen LogP contribution is -2.29. The molecular formula is C16H16ClNO4S.